The van der Waals surface area contributed by atoms with Crippen LogP contribution in [0.2, 0.25) is 0 Å². The zero-order valence-electron chi connectivity index (χ0n) is 6.60. The average molecular weight is 175 g/mol. The summed E-state index contributed by atoms with van der Waals surface area (Å²) in [6, 6.07) is -0.485. The van der Waals surface area contributed by atoms with Crippen LogP contribution in [0.1, 0.15) is 12.8 Å². The van der Waals surface area contributed by atoms with Crippen molar-refractivity contribution in [3.05, 3.63) is 0 Å². The van der Waals surface area contributed by atoms with Crippen molar-refractivity contribution in [2.75, 3.05) is 6.54 Å². The number of nitrogens with one attached hydrogen (secondary N) is 1. The molecule has 70 valence electrons. The molecule has 0 radical (unpaired) electrons. The molecule has 0 unspecified atom stereocenters. The van der Waals surface area contributed by atoms with Crippen LogP contribution in [0.15, 0.2) is 0 Å². The van der Waals surface area contributed by atoms with Crippen molar-refractivity contribution in [1.82, 2.24) is 5.32 Å². The summed E-state index contributed by atoms with van der Waals surface area (Å²) in [7, 11) is 0. The largest absolute Gasteiger partial charge is 0.481 e. The third-order valence-electron chi connectivity index (χ3n) is 2.03. The number of carboxylic acid groups (broad SMARTS) is 1. The summed E-state index contributed by atoms with van der Waals surface area (Å²) >= 11 is 0. The van der Waals surface area contributed by atoms with E-state index in [4.69, 9.17) is 5.11 Å². The molecule has 12 heavy (non-hydrogen) atoms. The number of hydrogen-bond donors (Lipinski definition) is 4. The van der Waals surface area contributed by atoms with E-state index in [1.165, 1.54) is 0 Å². The number of aliphatic hydroxyl groups is 2. The molecule has 1 aliphatic heterocycles. The van der Waals surface area contributed by atoms with Crippen molar-refractivity contribution in [3.63, 3.8) is 0 Å². The van der Waals surface area contributed by atoms with Crippen molar-refractivity contribution < 1.29 is 20.1 Å². The second kappa shape index (κ2) is 3.84. The van der Waals surface area contributed by atoms with Crippen LogP contribution in [0.4, 0.5) is 0 Å². The molecule has 0 aliphatic carbocycles. The van der Waals surface area contributed by atoms with Gasteiger partial charge in [0.25, 0.3) is 0 Å². The minimum absolute atomic E-state index is 0.325. The van der Waals surface area contributed by atoms with E-state index in [9.17, 15) is 15.0 Å². The average Bonchev–Trinajstić information content (AvgIpc) is 2.33. The van der Waals surface area contributed by atoms with Gasteiger partial charge in [-0.05, 0) is 13.0 Å². The summed E-state index contributed by atoms with van der Waals surface area (Å²) in [6.45, 7) is 0.627. The van der Waals surface area contributed by atoms with Gasteiger partial charge in [-0.2, -0.15) is 0 Å². The van der Waals surface area contributed by atoms with Crippen LogP contribution in [0, 0.1) is 0 Å². The predicted octanol–water partition coefficient (Wildman–Crippen LogP) is -1.46. The molecule has 0 saturated carbocycles. The molecule has 5 heteroatoms. The summed E-state index contributed by atoms with van der Waals surface area (Å²) < 4.78 is 0. The highest BCUT2D eigenvalue weighted by Crippen LogP contribution is 2.12. The first-order chi connectivity index (χ1) is 5.61. The van der Waals surface area contributed by atoms with Crippen LogP contribution >= 0.6 is 0 Å². The summed E-state index contributed by atoms with van der Waals surface area (Å²) in [5.74, 6) is -1.05. The summed E-state index contributed by atoms with van der Waals surface area (Å²) in [6.07, 6.45) is -1.38. The fourth-order valence-electron chi connectivity index (χ4n) is 1.41. The van der Waals surface area contributed by atoms with E-state index in [0.717, 1.165) is 0 Å². The van der Waals surface area contributed by atoms with Gasteiger partial charge in [0.1, 0.15) is 0 Å². The standard InChI is InChI=1S/C7H13NO4/c9-4-1-2-8-7(4)5(10)3-6(11)12/h4-5,7-10H,1-3H2,(H,11,12)/t4-,5+,7+/m1/s1. The highest BCUT2D eigenvalue weighted by molar-refractivity contribution is 5.67. The molecule has 0 amide bonds. The number of hydrogen-bond acceptors (Lipinski definition) is 4. The Kier molecular flexibility index (Phi) is 3.02. The van der Waals surface area contributed by atoms with E-state index >= 15 is 0 Å². The van der Waals surface area contributed by atoms with Crippen LogP contribution in [0.5, 0.6) is 0 Å². The zero-order chi connectivity index (χ0) is 9.14. The van der Waals surface area contributed by atoms with Crippen molar-refractivity contribution in [2.24, 2.45) is 0 Å². The summed E-state index contributed by atoms with van der Waals surface area (Å²) in [4.78, 5) is 10.2. The van der Waals surface area contributed by atoms with Gasteiger partial charge in [-0.1, -0.05) is 0 Å². The molecule has 0 aromatic carbocycles. The Morgan fingerprint density at radius 1 is 1.67 bits per heavy atom. The molecule has 1 aliphatic rings. The van der Waals surface area contributed by atoms with Crippen molar-refractivity contribution in [3.8, 4) is 0 Å². The van der Waals surface area contributed by atoms with E-state index in [-0.39, 0.29) is 6.42 Å². The van der Waals surface area contributed by atoms with E-state index in [1.54, 1.807) is 0 Å². The van der Waals surface area contributed by atoms with Crippen molar-refractivity contribution >= 4 is 5.97 Å². The third kappa shape index (κ3) is 2.17. The maximum absolute atomic E-state index is 10.2. The minimum Gasteiger partial charge on any atom is -0.481 e. The van der Waals surface area contributed by atoms with Gasteiger partial charge in [0.05, 0.1) is 24.7 Å². The topological polar surface area (TPSA) is 89.8 Å². The quantitative estimate of drug-likeness (QED) is 0.421. The van der Waals surface area contributed by atoms with E-state index in [0.29, 0.717) is 13.0 Å². The van der Waals surface area contributed by atoms with Gasteiger partial charge >= 0.3 is 5.97 Å². The molecule has 0 aromatic heterocycles. The normalized spacial score (nSPS) is 31.8. The molecular formula is C7H13NO4. The lowest BCUT2D eigenvalue weighted by Crippen LogP contribution is -2.42. The maximum Gasteiger partial charge on any atom is 0.306 e. The zero-order valence-corrected chi connectivity index (χ0v) is 6.60. The molecule has 1 heterocycles. The molecule has 1 saturated heterocycles. The Morgan fingerprint density at radius 2 is 2.33 bits per heavy atom. The highest BCUT2D eigenvalue weighted by atomic mass is 16.4. The molecule has 0 spiro atoms. The first-order valence-electron chi connectivity index (χ1n) is 3.92. The van der Waals surface area contributed by atoms with Crippen molar-refractivity contribution in [1.29, 1.82) is 0 Å². The summed E-state index contributed by atoms with van der Waals surface area (Å²) in [5.41, 5.74) is 0. The van der Waals surface area contributed by atoms with Crippen LogP contribution in [0.25, 0.3) is 0 Å². The lowest BCUT2D eigenvalue weighted by atomic mass is 10.0. The number of aliphatic carboxylic acids is 1. The first-order valence-corrected chi connectivity index (χ1v) is 3.92. The highest BCUT2D eigenvalue weighted by Gasteiger charge is 2.31. The van der Waals surface area contributed by atoms with Gasteiger partial charge in [-0.3, -0.25) is 4.79 Å². The predicted molar refractivity (Wildman–Crippen MR) is 40.7 cm³/mol. The lowest BCUT2D eigenvalue weighted by molar-refractivity contribution is -0.139. The first kappa shape index (κ1) is 9.44. The fraction of sp³-hybridized carbons (Fsp3) is 0.857. The van der Waals surface area contributed by atoms with E-state index < -0.39 is 24.2 Å². The Hall–Kier alpha value is -0.650. The van der Waals surface area contributed by atoms with E-state index in [2.05, 4.69) is 5.32 Å². The maximum atomic E-state index is 10.2. The molecule has 0 aromatic rings. The van der Waals surface area contributed by atoms with Crippen molar-refractivity contribution in [2.45, 2.75) is 31.1 Å². The van der Waals surface area contributed by atoms with Crippen LogP contribution in [0.3, 0.4) is 0 Å². The van der Waals surface area contributed by atoms with Crippen LogP contribution in [-0.2, 0) is 4.79 Å². The molecule has 1 rings (SSSR count). The Labute approximate surface area is 70.0 Å². The van der Waals surface area contributed by atoms with Gasteiger partial charge in [-0.25, -0.2) is 0 Å². The molecule has 4 N–H and O–H groups in total. The Bertz CT molecular complexity index is 173. The number of rotatable bonds is 3. The lowest BCUT2D eigenvalue weighted by Gasteiger charge is -2.19. The number of carboxylic acids is 1. The van der Waals surface area contributed by atoms with Gasteiger partial charge in [0.15, 0.2) is 0 Å². The minimum atomic E-state index is -1.05. The van der Waals surface area contributed by atoms with Crippen LogP contribution < -0.4 is 5.32 Å². The molecule has 3 atom stereocenters. The van der Waals surface area contributed by atoms with E-state index in [1.807, 2.05) is 0 Å². The second-order valence-corrected chi connectivity index (χ2v) is 3.00. The smallest absolute Gasteiger partial charge is 0.306 e. The van der Waals surface area contributed by atoms with Crippen LogP contribution in [-0.4, -0.2) is 46.1 Å². The van der Waals surface area contributed by atoms with Gasteiger partial charge < -0.3 is 20.6 Å². The SMILES string of the molecule is O=C(O)C[C@H](O)[C@H]1NCC[C@H]1O. The number of aliphatic hydroxyl groups excluding tert-OH is 2. The molecule has 0 bridgehead atoms. The Balaban J connectivity index is 2.40. The summed E-state index contributed by atoms with van der Waals surface area (Å²) in [5, 5.41) is 29.8. The molecule has 1 fully saturated rings. The van der Waals surface area contributed by atoms with Gasteiger partial charge in [-0.15, -0.1) is 0 Å². The van der Waals surface area contributed by atoms with Gasteiger partial charge in [0, 0.05) is 0 Å². The Morgan fingerprint density at radius 3 is 2.75 bits per heavy atom. The fourth-order valence-corrected chi connectivity index (χ4v) is 1.41. The van der Waals surface area contributed by atoms with Gasteiger partial charge in [0.2, 0.25) is 0 Å². The second-order valence-electron chi connectivity index (χ2n) is 3.00. The monoisotopic (exact) mass is 175 g/mol. The third-order valence-corrected chi connectivity index (χ3v) is 2.03. The molecule has 5 nitrogen and oxygen atoms in total. The number of carbonyl (C=O) groups is 1. The molecular weight excluding hydrogens is 162 g/mol.